The van der Waals surface area contributed by atoms with Crippen LogP contribution in [-0.4, -0.2) is 15.0 Å². The topological polar surface area (TPSA) is 56.7 Å². The summed E-state index contributed by atoms with van der Waals surface area (Å²) in [4.78, 5) is 0. The second kappa shape index (κ2) is 4.53. The Morgan fingerprint density at radius 2 is 2.12 bits per heavy atom. The van der Waals surface area contributed by atoms with E-state index in [2.05, 4.69) is 10.3 Å². The van der Waals surface area contributed by atoms with Crippen LogP contribution in [0.25, 0.3) is 0 Å². The van der Waals surface area contributed by atoms with E-state index in [1.807, 2.05) is 31.2 Å². The Labute approximate surface area is 99.0 Å². The number of aromatic nitrogens is 3. The van der Waals surface area contributed by atoms with Crippen LogP contribution in [0.15, 0.2) is 24.3 Å². The second-order valence-electron chi connectivity index (χ2n) is 3.52. The smallest absolute Gasteiger partial charge is 0.169 e. The van der Waals surface area contributed by atoms with Crippen molar-refractivity contribution in [3.63, 3.8) is 0 Å². The van der Waals surface area contributed by atoms with Gasteiger partial charge in [-0.2, -0.15) is 0 Å². The van der Waals surface area contributed by atoms with Gasteiger partial charge in [0.15, 0.2) is 5.82 Å². The van der Waals surface area contributed by atoms with Gasteiger partial charge in [0.2, 0.25) is 0 Å². The molecule has 16 heavy (non-hydrogen) atoms. The molecule has 2 rings (SSSR count). The number of benzene rings is 1. The molecule has 0 radical (unpaired) electrons. The quantitative estimate of drug-likeness (QED) is 0.888. The lowest BCUT2D eigenvalue weighted by atomic mass is 10.2. The van der Waals surface area contributed by atoms with Crippen LogP contribution in [0.5, 0.6) is 0 Å². The SMILES string of the molecule is CCc1c(N)nnn1Cc1ccccc1Cl. The van der Waals surface area contributed by atoms with Crippen molar-refractivity contribution in [2.45, 2.75) is 19.9 Å². The molecule has 0 unspecified atom stereocenters. The van der Waals surface area contributed by atoms with Crippen molar-refractivity contribution < 1.29 is 0 Å². The predicted molar refractivity (Wildman–Crippen MR) is 64.4 cm³/mol. The maximum atomic E-state index is 6.08. The van der Waals surface area contributed by atoms with Crippen molar-refractivity contribution in [1.82, 2.24) is 15.0 Å². The van der Waals surface area contributed by atoms with Gasteiger partial charge in [0.05, 0.1) is 12.2 Å². The number of nitrogens with zero attached hydrogens (tertiary/aromatic N) is 3. The van der Waals surface area contributed by atoms with E-state index < -0.39 is 0 Å². The average molecular weight is 237 g/mol. The third-order valence-corrected chi connectivity index (χ3v) is 2.85. The minimum Gasteiger partial charge on any atom is -0.381 e. The van der Waals surface area contributed by atoms with Crippen molar-refractivity contribution in [2.24, 2.45) is 0 Å². The molecule has 0 aliphatic carbocycles. The third-order valence-electron chi connectivity index (χ3n) is 2.48. The van der Waals surface area contributed by atoms with Gasteiger partial charge in [-0.3, -0.25) is 0 Å². The largest absolute Gasteiger partial charge is 0.381 e. The van der Waals surface area contributed by atoms with E-state index in [1.54, 1.807) is 4.68 Å². The Bertz CT molecular complexity index is 492. The molecule has 0 spiro atoms. The molecule has 5 heteroatoms. The number of anilines is 1. The molecular weight excluding hydrogens is 224 g/mol. The van der Waals surface area contributed by atoms with Gasteiger partial charge in [0.1, 0.15) is 0 Å². The molecule has 4 nitrogen and oxygen atoms in total. The molecular formula is C11H13ClN4. The number of nitrogen functional groups attached to an aromatic ring is 1. The standard InChI is InChI=1S/C11H13ClN4/c1-2-10-11(13)14-15-16(10)7-8-5-3-4-6-9(8)12/h3-6H,2,7,13H2,1H3. The minimum atomic E-state index is 0.495. The van der Waals surface area contributed by atoms with Gasteiger partial charge in [-0.25, -0.2) is 4.68 Å². The first-order valence-electron chi connectivity index (χ1n) is 5.13. The van der Waals surface area contributed by atoms with Crippen LogP contribution in [0.1, 0.15) is 18.2 Å². The van der Waals surface area contributed by atoms with E-state index in [1.165, 1.54) is 0 Å². The zero-order valence-corrected chi connectivity index (χ0v) is 9.78. The van der Waals surface area contributed by atoms with Gasteiger partial charge < -0.3 is 5.73 Å². The van der Waals surface area contributed by atoms with Gasteiger partial charge in [0, 0.05) is 5.02 Å². The number of hydrogen-bond donors (Lipinski definition) is 1. The molecule has 0 aliphatic rings. The van der Waals surface area contributed by atoms with Crippen LogP contribution in [0.2, 0.25) is 5.02 Å². The summed E-state index contributed by atoms with van der Waals surface area (Å²) in [6, 6.07) is 7.69. The van der Waals surface area contributed by atoms with E-state index >= 15 is 0 Å². The van der Waals surface area contributed by atoms with Crippen molar-refractivity contribution in [3.8, 4) is 0 Å². The summed E-state index contributed by atoms with van der Waals surface area (Å²) in [5.74, 6) is 0.495. The highest BCUT2D eigenvalue weighted by atomic mass is 35.5. The monoisotopic (exact) mass is 236 g/mol. The molecule has 2 N–H and O–H groups in total. The molecule has 0 fully saturated rings. The zero-order chi connectivity index (χ0) is 11.5. The molecule has 0 saturated carbocycles. The first-order valence-corrected chi connectivity index (χ1v) is 5.51. The molecule has 0 aliphatic heterocycles. The van der Waals surface area contributed by atoms with E-state index in [4.69, 9.17) is 17.3 Å². The molecule has 84 valence electrons. The fourth-order valence-corrected chi connectivity index (χ4v) is 1.82. The van der Waals surface area contributed by atoms with Crippen LogP contribution in [0.3, 0.4) is 0 Å². The fourth-order valence-electron chi connectivity index (χ4n) is 1.62. The van der Waals surface area contributed by atoms with Crippen molar-refractivity contribution >= 4 is 17.4 Å². The number of hydrogen-bond acceptors (Lipinski definition) is 3. The van der Waals surface area contributed by atoms with Crippen LogP contribution in [0, 0.1) is 0 Å². The first-order chi connectivity index (χ1) is 7.72. The summed E-state index contributed by atoms with van der Waals surface area (Å²) in [7, 11) is 0. The van der Waals surface area contributed by atoms with E-state index in [0.29, 0.717) is 12.4 Å². The van der Waals surface area contributed by atoms with Crippen LogP contribution in [0.4, 0.5) is 5.82 Å². The fraction of sp³-hybridized carbons (Fsp3) is 0.273. The number of nitrogens with two attached hydrogens (primary N) is 1. The highest BCUT2D eigenvalue weighted by Crippen LogP contribution is 2.17. The van der Waals surface area contributed by atoms with Crippen molar-refractivity contribution in [2.75, 3.05) is 5.73 Å². The zero-order valence-electron chi connectivity index (χ0n) is 9.02. The minimum absolute atomic E-state index is 0.495. The van der Waals surface area contributed by atoms with Gasteiger partial charge in [-0.05, 0) is 18.1 Å². The summed E-state index contributed by atoms with van der Waals surface area (Å²) in [5, 5.41) is 8.60. The van der Waals surface area contributed by atoms with Crippen molar-refractivity contribution in [3.05, 3.63) is 40.5 Å². The molecule has 1 heterocycles. The molecule has 0 saturated heterocycles. The summed E-state index contributed by atoms with van der Waals surface area (Å²) in [6.45, 7) is 2.63. The highest BCUT2D eigenvalue weighted by molar-refractivity contribution is 6.31. The highest BCUT2D eigenvalue weighted by Gasteiger charge is 2.09. The maximum absolute atomic E-state index is 6.08. The lowest BCUT2D eigenvalue weighted by molar-refractivity contribution is 0.622. The Balaban J connectivity index is 2.31. The summed E-state index contributed by atoms with van der Waals surface area (Å²) >= 11 is 6.08. The maximum Gasteiger partial charge on any atom is 0.169 e. The summed E-state index contributed by atoms with van der Waals surface area (Å²) in [5.41, 5.74) is 7.68. The van der Waals surface area contributed by atoms with Gasteiger partial charge >= 0.3 is 0 Å². The lowest BCUT2D eigenvalue weighted by Crippen LogP contribution is -2.07. The normalized spacial score (nSPS) is 10.6. The third kappa shape index (κ3) is 2.02. The predicted octanol–water partition coefficient (Wildman–Crippen LogP) is 2.12. The summed E-state index contributed by atoms with van der Waals surface area (Å²) in [6.07, 6.45) is 0.809. The van der Waals surface area contributed by atoms with E-state index in [9.17, 15) is 0 Å². The van der Waals surface area contributed by atoms with Gasteiger partial charge in [-0.1, -0.05) is 41.9 Å². The molecule has 2 aromatic rings. The van der Waals surface area contributed by atoms with Crippen LogP contribution >= 0.6 is 11.6 Å². The van der Waals surface area contributed by atoms with E-state index in [0.717, 1.165) is 22.7 Å². The lowest BCUT2D eigenvalue weighted by Gasteiger charge is -2.06. The Hall–Kier alpha value is -1.55. The molecule has 1 aromatic carbocycles. The number of halogens is 1. The van der Waals surface area contributed by atoms with E-state index in [-0.39, 0.29) is 0 Å². The molecule has 0 atom stereocenters. The molecule has 0 amide bonds. The number of rotatable bonds is 3. The van der Waals surface area contributed by atoms with Crippen LogP contribution < -0.4 is 5.73 Å². The first kappa shape index (κ1) is 11.0. The van der Waals surface area contributed by atoms with Gasteiger partial charge in [0.25, 0.3) is 0 Å². The van der Waals surface area contributed by atoms with Crippen molar-refractivity contribution in [1.29, 1.82) is 0 Å². The Morgan fingerprint density at radius 1 is 1.38 bits per heavy atom. The molecule has 1 aromatic heterocycles. The Kier molecular flexibility index (Phi) is 3.10. The van der Waals surface area contributed by atoms with Gasteiger partial charge in [-0.15, -0.1) is 5.10 Å². The Morgan fingerprint density at radius 3 is 2.81 bits per heavy atom. The van der Waals surface area contributed by atoms with Crippen LogP contribution in [-0.2, 0) is 13.0 Å². The molecule has 0 bridgehead atoms. The average Bonchev–Trinajstić information content (AvgIpc) is 2.63. The summed E-state index contributed by atoms with van der Waals surface area (Å²) < 4.78 is 1.79. The second-order valence-corrected chi connectivity index (χ2v) is 3.93.